The predicted molar refractivity (Wildman–Crippen MR) is 117 cm³/mol. The largest absolute Gasteiger partial charge is 0.356 e. The molecule has 1 aromatic carbocycles. The zero-order chi connectivity index (χ0) is 20.9. The van der Waals surface area contributed by atoms with Crippen LogP contribution < -0.4 is 15.1 Å². The van der Waals surface area contributed by atoms with E-state index in [1.54, 1.807) is 29.4 Å². The highest BCUT2D eigenvalue weighted by Crippen LogP contribution is 2.39. The Morgan fingerprint density at radius 1 is 1.13 bits per heavy atom. The van der Waals surface area contributed by atoms with Crippen LogP contribution >= 0.6 is 0 Å². The van der Waals surface area contributed by atoms with Gasteiger partial charge < -0.3 is 10.2 Å². The third-order valence-electron chi connectivity index (χ3n) is 5.99. The molecule has 2 aromatic rings. The Morgan fingerprint density at radius 3 is 2.63 bits per heavy atom. The molecule has 0 unspecified atom stereocenters. The summed E-state index contributed by atoms with van der Waals surface area (Å²) in [5, 5.41) is 3.34. The van der Waals surface area contributed by atoms with E-state index in [0.717, 1.165) is 51.0 Å². The minimum Gasteiger partial charge on any atom is -0.356 e. The van der Waals surface area contributed by atoms with Gasteiger partial charge in [0.1, 0.15) is 23.9 Å². The van der Waals surface area contributed by atoms with E-state index in [9.17, 15) is 9.18 Å². The summed E-state index contributed by atoms with van der Waals surface area (Å²) in [4.78, 5) is 26.5. The molecule has 2 aliphatic heterocycles. The van der Waals surface area contributed by atoms with Gasteiger partial charge in [0.15, 0.2) is 11.6 Å². The van der Waals surface area contributed by atoms with E-state index in [-0.39, 0.29) is 24.3 Å². The number of rotatable bonds is 6. The summed E-state index contributed by atoms with van der Waals surface area (Å²) in [5.41, 5.74) is 1.18. The molecule has 1 N–H and O–H groups in total. The predicted octanol–water partition coefficient (Wildman–Crippen LogP) is 4.51. The lowest BCUT2D eigenvalue weighted by Crippen LogP contribution is -2.48. The summed E-state index contributed by atoms with van der Waals surface area (Å²) in [6, 6.07) is 6.30. The van der Waals surface area contributed by atoms with Crippen molar-refractivity contribution in [2.75, 3.05) is 28.2 Å². The average Bonchev–Trinajstić information content (AvgIpc) is 3.05. The van der Waals surface area contributed by atoms with E-state index in [4.69, 9.17) is 0 Å². The fourth-order valence-electron chi connectivity index (χ4n) is 4.32. The number of hydrogen-bond acceptors (Lipinski definition) is 5. The van der Waals surface area contributed by atoms with E-state index >= 15 is 0 Å². The summed E-state index contributed by atoms with van der Waals surface area (Å²) in [5.74, 6) is 1.10. The van der Waals surface area contributed by atoms with Gasteiger partial charge in [-0.05, 0) is 25.3 Å². The van der Waals surface area contributed by atoms with Gasteiger partial charge in [0.05, 0.1) is 6.54 Å². The summed E-state index contributed by atoms with van der Waals surface area (Å²) in [6.45, 7) is 4.10. The molecule has 160 valence electrons. The molecule has 0 spiro atoms. The normalized spacial score (nSPS) is 19.3. The van der Waals surface area contributed by atoms with E-state index in [2.05, 4.69) is 27.1 Å². The van der Waals surface area contributed by atoms with Crippen molar-refractivity contribution in [3.8, 4) is 0 Å². The lowest BCUT2D eigenvalue weighted by molar-refractivity contribution is -0.119. The molecule has 1 aromatic heterocycles. The number of nitrogens with one attached hydrogen (secondary N) is 1. The molecule has 4 rings (SSSR count). The molecule has 1 saturated heterocycles. The maximum Gasteiger partial charge on any atom is 0.250 e. The molecule has 2 aliphatic rings. The average molecular weight is 412 g/mol. The summed E-state index contributed by atoms with van der Waals surface area (Å²) < 4.78 is 14.5. The quantitative estimate of drug-likeness (QED) is 0.758. The maximum absolute atomic E-state index is 14.5. The zero-order valence-corrected chi connectivity index (χ0v) is 17.6. The van der Waals surface area contributed by atoms with Crippen molar-refractivity contribution in [1.29, 1.82) is 0 Å². The number of carbonyl (C=O) groups is 1. The molecule has 1 fully saturated rings. The smallest absolute Gasteiger partial charge is 0.250 e. The minimum atomic E-state index is -0.351. The first kappa shape index (κ1) is 20.6. The van der Waals surface area contributed by atoms with Crippen LogP contribution in [0.4, 0.5) is 21.7 Å². The van der Waals surface area contributed by atoms with Crippen molar-refractivity contribution in [3.05, 3.63) is 42.0 Å². The lowest BCUT2D eigenvalue weighted by Gasteiger charge is -2.37. The number of halogens is 1. The molecule has 0 bridgehead atoms. The van der Waals surface area contributed by atoms with Gasteiger partial charge in [-0.15, -0.1) is 0 Å². The number of amides is 1. The van der Waals surface area contributed by atoms with E-state index < -0.39 is 0 Å². The van der Waals surface area contributed by atoms with Gasteiger partial charge in [0, 0.05) is 18.7 Å². The Balaban J connectivity index is 1.75. The van der Waals surface area contributed by atoms with Crippen LogP contribution in [0.3, 0.4) is 0 Å². The van der Waals surface area contributed by atoms with Crippen LogP contribution in [-0.4, -0.2) is 35.0 Å². The Bertz CT molecular complexity index is 882. The van der Waals surface area contributed by atoms with Crippen molar-refractivity contribution < 1.29 is 9.18 Å². The number of benzene rings is 1. The van der Waals surface area contributed by atoms with E-state index in [0.29, 0.717) is 17.1 Å². The highest BCUT2D eigenvalue weighted by atomic mass is 19.1. The molecule has 7 heteroatoms. The molecule has 1 atom stereocenters. The summed E-state index contributed by atoms with van der Waals surface area (Å²) in [7, 11) is 0. The van der Waals surface area contributed by atoms with E-state index in [1.165, 1.54) is 18.9 Å². The monoisotopic (exact) mass is 411 g/mol. The number of hydrogen-bond donors (Lipinski definition) is 1. The van der Waals surface area contributed by atoms with Crippen LogP contribution in [0.25, 0.3) is 0 Å². The number of unbranched alkanes of at least 4 members (excludes halogenated alkanes) is 1. The van der Waals surface area contributed by atoms with Crippen molar-refractivity contribution >= 4 is 23.2 Å². The summed E-state index contributed by atoms with van der Waals surface area (Å²) >= 11 is 0. The fourth-order valence-corrected chi connectivity index (χ4v) is 4.32. The molecule has 3 heterocycles. The standard InChI is InChI=1S/C23H30FN5O/c1-2-3-12-19-23(30)29(15-17-10-6-7-11-18(17)24)20-21(27-19)25-16-26-22(20)28-13-8-4-5-9-14-28/h6-7,10-11,16,19H,2-5,8-9,12-15H2,1H3,(H,25,26,27)/t19-/m0/s1. The number of anilines is 3. The Hall–Kier alpha value is -2.70. The van der Waals surface area contributed by atoms with Gasteiger partial charge in [-0.3, -0.25) is 9.69 Å². The fraction of sp³-hybridized carbons (Fsp3) is 0.522. The van der Waals surface area contributed by atoms with Gasteiger partial charge in [-0.2, -0.15) is 0 Å². The van der Waals surface area contributed by atoms with Gasteiger partial charge >= 0.3 is 0 Å². The number of aromatic nitrogens is 2. The van der Waals surface area contributed by atoms with Crippen molar-refractivity contribution in [3.63, 3.8) is 0 Å². The van der Waals surface area contributed by atoms with Crippen LogP contribution in [0.1, 0.15) is 57.4 Å². The first-order valence-corrected chi connectivity index (χ1v) is 11.1. The Labute approximate surface area is 177 Å². The Morgan fingerprint density at radius 2 is 1.90 bits per heavy atom. The SMILES string of the molecule is CCCC[C@@H]1Nc2ncnc(N3CCCCCC3)c2N(Cc2ccccc2F)C1=O. The molecule has 0 saturated carbocycles. The summed E-state index contributed by atoms with van der Waals surface area (Å²) in [6.07, 6.45) is 8.87. The first-order chi connectivity index (χ1) is 14.7. The highest BCUT2D eigenvalue weighted by molar-refractivity contribution is 6.06. The van der Waals surface area contributed by atoms with E-state index in [1.807, 2.05) is 0 Å². The second kappa shape index (κ2) is 9.41. The lowest BCUT2D eigenvalue weighted by atomic mass is 10.0. The van der Waals surface area contributed by atoms with Gasteiger partial charge in [-0.1, -0.05) is 50.8 Å². The second-order valence-corrected chi connectivity index (χ2v) is 8.15. The molecular weight excluding hydrogens is 381 g/mol. The molecule has 0 aliphatic carbocycles. The van der Waals surface area contributed by atoms with Crippen molar-refractivity contribution in [1.82, 2.24) is 9.97 Å². The van der Waals surface area contributed by atoms with Crippen LogP contribution in [0.2, 0.25) is 0 Å². The highest BCUT2D eigenvalue weighted by Gasteiger charge is 2.36. The Kier molecular flexibility index (Phi) is 6.45. The topological polar surface area (TPSA) is 61.4 Å². The number of fused-ring (bicyclic) bond motifs is 1. The van der Waals surface area contributed by atoms with Crippen LogP contribution in [-0.2, 0) is 11.3 Å². The van der Waals surface area contributed by atoms with Crippen LogP contribution in [0.5, 0.6) is 0 Å². The minimum absolute atomic E-state index is 0.0370. The molecule has 0 radical (unpaired) electrons. The first-order valence-electron chi connectivity index (χ1n) is 11.1. The molecule has 30 heavy (non-hydrogen) atoms. The third-order valence-corrected chi connectivity index (χ3v) is 5.99. The third kappa shape index (κ3) is 4.25. The number of carbonyl (C=O) groups excluding carboxylic acids is 1. The van der Waals surface area contributed by atoms with Gasteiger partial charge in [-0.25, -0.2) is 14.4 Å². The van der Waals surface area contributed by atoms with Crippen LogP contribution in [0, 0.1) is 5.82 Å². The van der Waals surface area contributed by atoms with Crippen molar-refractivity contribution in [2.45, 2.75) is 64.5 Å². The molecule has 6 nitrogen and oxygen atoms in total. The zero-order valence-electron chi connectivity index (χ0n) is 17.6. The second-order valence-electron chi connectivity index (χ2n) is 8.15. The van der Waals surface area contributed by atoms with Crippen LogP contribution in [0.15, 0.2) is 30.6 Å². The number of nitrogens with zero attached hydrogens (tertiary/aromatic N) is 4. The molecular formula is C23H30FN5O. The van der Waals surface area contributed by atoms with Gasteiger partial charge in [0.25, 0.3) is 0 Å². The van der Waals surface area contributed by atoms with Gasteiger partial charge in [0.2, 0.25) is 5.91 Å². The molecule has 1 amide bonds. The van der Waals surface area contributed by atoms with Crippen molar-refractivity contribution in [2.24, 2.45) is 0 Å². The maximum atomic E-state index is 14.5.